The van der Waals surface area contributed by atoms with E-state index in [0.29, 0.717) is 0 Å². The van der Waals surface area contributed by atoms with Crippen molar-refractivity contribution in [2.24, 2.45) is 5.73 Å². The van der Waals surface area contributed by atoms with E-state index in [-0.39, 0.29) is 0 Å². The van der Waals surface area contributed by atoms with Gasteiger partial charge in [0.2, 0.25) is 0 Å². The molecule has 5 nitrogen and oxygen atoms in total. The third-order valence-electron chi connectivity index (χ3n) is 1.65. The molecule has 0 rings (SSSR count). The lowest BCUT2D eigenvalue weighted by Crippen LogP contribution is -2.34. The molecule has 0 aliphatic heterocycles. The molecule has 0 aromatic carbocycles. The van der Waals surface area contributed by atoms with E-state index in [1.54, 1.807) is 0 Å². The van der Waals surface area contributed by atoms with Crippen molar-refractivity contribution in [1.29, 1.82) is 0 Å². The zero-order chi connectivity index (χ0) is 15.8. The van der Waals surface area contributed by atoms with Crippen molar-refractivity contribution in [2.75, 3.05) is 13.2 Å². The maximum Gasteiger partial charge on any atom is 0.411 e. The van der Waals surface area contributed by atoms with Gasteiger partial charge in [-0.05, 0) is 12.2 Å². The highest BCUT2D eigenvalue weighted by Gasteiger charge is 2.30. The summed E-state index contributed by atoms with van der Waals surface area (Å²) in [5.74, 6) is -1.61. The largest absolute Gasteiger partial charge is 0.495 e. The number of allylic oxidation sites excluding steroid dienone is 2. The summed E-state index contributed by atoms with van der Waals surface area (Å²) >= 11 is 0. The van der Waals surface area contributed by atoms with Gasteiger partial charge in [-0.25, -0.2) is 13.6 Å². The van der Waals surface area contributed by atoms with E-state index in [1.807, 2.05) is 0 Å². The minimum Gasteiger partial charge on any atom is -0.495 e. The predicted octanol–water partition coefficient (Wildman–Crippen LogP) is 1.66. The van der Waals surface area contributed by atoms with Gasteiger partial charge in [0.15, 0.2) is 0 Å². The van der Waals surface area contributed by atoms with E-state index in [2.05, 4.69) is 9.47 Å². The molecule has 0 aliphatic rings. The molecular weight excluding hydrogens is 293 g/mol. The Kier molecular flexibility index (Phi) is 7.77. The molecule has 20 heavy (non-hydrogen) atoms. The molecule has 1 unspecified atom stereocenters. The van der Waals surface area contributed by atoms with E-state index < -0.39 is 43.6 Å². The SMILES string of the molecule is NC(OCC(F)(F)F)/C(=C\C=C/OCC(F)F)C(=O)O. The molecule has 0 saturated heterocycles. The summed E-state index contributed by atoms with van der Waals surface area (Å²) in [6, 6.07) is 0. The summed E-state index contributed by atoms with van der Waals surface area (Å²) in [5.41, 5.74) is 4.43. The lowest BCUT2D eigenvalue weighted by molar-refractivity contribution is -0.182. The van der Waals surface area contributed by atoms with Gasteiger partial charge < -0.3 is 20.3 Å². The molecule has 116 valence electrons. The Morgan fingerprint density at radius 1 is 1.35 bits per heavy atom. The molecule has 0 fully saturated rings. The van der Waals surface area contributed by atoms with Crippen LogP contribution < -0.4 is 5.73 Å². The highest BCUT2D eigenvalue weighted by molar-refractivity contribution is 5.87. The molecule has 0 aromatic heterocycles. The van der Waals surface area contributed by atoms with Crippen molar-refractivity contribution in [2.45, 2.75) is 18.8 Å². The number of hydrogen-bond acceptors (Lipinski definition) is 4. The van der Waals surface area contributed by atoms with Crippen LogP contribution in [-0.4, -0.2) is 43.1 Å². The van der Waals surface area contributed by atoms with Gasteiger partial charge in [-0.2, -0.15) is 13.2 Å². The van der Waals surface area contributed by atoms with Crippen molar-refractivity contribution in [1.82, 2.24) is 0 Å². The van der Waals surface area contributed by atoms with Crippen molar-refractivity contribution in [3.05, 3.63) is 24.0 Å². The standard InChI is InChI=1S/C10H12F5NO4/c11-7(12)4-19-3-1-2-6(9(17)18)8(16)20-5-10(13,14)15/h1-3,7-8H,4-5,16H2,(H,17,18)/b3-1-,6-2+. The third kappa shape index (κ3) is 9.28. The topological polar surface area (TPSA) is 81.8 Å². The fourth-order valence-electron chi connectivity index (χ4n) is 0.889. The Balaban J connectivity index is 4.51. The Morgan fingerprint density at radius 2 is 1.95 bits per heavy atom. The number of alkyl halides is 5. The molecule has 10 heteroatoms. The van der Waals surface area contributed by atoms with E-state index in [9.17, 15) is 26.7 Å². The highest BCUT2D eigenvalue weighted by Crippen LogP contribution is 2.16. The summed E-state index contributed by atoms with van der Waals surface area (Å²) in [7, 11) is 0. The third-order valence-corrected chi connectivity index (χ3v) is 1.65. The first-order valence-corrected chi connectivity index (χ1v) is 5.07. The molecule has 0 saturated carbocycles. The first kappa shape index (κ1) is 18.3. The number of halogens is 5. The van der Waals surface area contributed by atoms with Crippen LogP contribution in [-0.2, 0) is 14.3 Å². The van der Waals surface area contributed by atoms with Crippen LogP contribution in [0, 0.1) is 0 Å². The minimum atomic E-state index is -4.66. The number of nitrogens with two attached hydrogens (primary N) is 1. The van der Waals surface area contributed by atoms with Crippen LogP contribution in [0.4, 0.5) is 22.0 Å². The first-order valence-electron chi connectivity index (χ1n) is 5.07. The van der Waals surface area contributed by atoms with Gasteiger partial charge in [-0.15, -0.1) is 0 Å². The first-order chi connectivity index (χ1) is 9.13. The zero-order valence-electron chi connectivity index (χ0n) is 9.94. The van der Waals surface area contributed by atoms with Gasteiger partial charge in [0.1, 0.15) is 19.4 Å². The van der Waals surface area contributed by atoms with Crippen LogP contribution in [0.5, 0.6) is 0 Å². The van der Waals surface area contributed by atoms with Crippen molar-refractivity contribution in [3.8, 4) is 0 Å². The average molecular weight is 305 g/mol. The molecule has 1 atom stereocenters. The average Bonchev–Trinajstić information content (AvgIpc) is 2.29. The van der Waals surface area contributed by atoms with Crippen LogP contribution in [0.3, 0.4) is 0 Å². The second kappa shape index (κ2) is 8.48. The fourth-order valence-corrected chi connectivity index (χ4v) is 0.889. The Morgan fingerprint density at radius 3 is 2.40 bits per heavy atom. The molecule has 3 N–H and O–H groups in total. The van der Waals surface area contributed by atoms with Crippen LogP contribution >= 0.6 is 0 Å². The predicted molar refractivity (Wildman–Crippen MR) is 56.8 cm³/mol. The second-order valence-electron chi connectivity index (χ2n) is 3.33. The lowest BCUT2D eigenvalue weighted by atomic mass is 10.2. The van der Waals surface area contributed by atoms with E-state index in [0.717, 1.165) is 18.4 Å². The zero-order valence-corrected chi connectivity index (χ0v) is 9.94. The van der Waals surface area contributed by atoms with E-state index >= 15 is 0 Å². The Labute approximate surface area is 110 Å². The van der Waals surface area contributed by atoms with Crippen LogP contribution in [0.1, 0.15) is 0 Å². The lowest BCUT2D eigenvalue weighted by Gasteiger charge is -2.14. The number of carboxylic acid groups (broad SMARTS) is 1. The molecule has 0 amide bonds. The number of rotatable bonds is 8. The normalized spacial score (nSPS) is 14.8. The van der Waals surface area contributed by atoms with Gasteiger partial charge in [-0.3, -0.25) is 0 Å². The van der Waals surface area contributed by atoms with Gasteiger partial charge in [-0.1, -0.05) is 0 Å². The van der Waals surface area contributed by atoms with Crippen molar-refractivity contribution >= 4 is 5.97 Å². The fraction of sp³-hybridized carbons (Fsp3) is 0.500. The molecule has 0 spiro atoms. The number of aliphatic carboxylic acids is 1. The molecular formula is C10H12F5NO4. The van der Waals surface area contributed by atoms with Crippen LogP contribution in [0.2, 0.25) is 0 Å². The summed E-state index contributed by atoms with van der Waals surface area (Å²) < 4.78 is 67.3. The van der Waals surface area contributed by atoms with Gasteiger partial charge >= 0.3 is 12.1 Å². The maximum atomic E-state index is 11.9. The summed E-state index contributed by atoms with van der Waals surface area (Å²) in [6.45, 7) is -2.62. The summed E-state index contributed by atoms with van der Waals surface area (Å²) in [5, 5.41) is 8.71. The molecule has 0 aromatic rings. The van der Waals surface area contributed by atoms with Crippen molar-refractivity contribution < 1.29 is 41.3 Å². The number of ether oxygens (including phenoxy) is 2. The van der Waals surface area contributed by atoms with E-state index in [4.69, 9.17) is 10.8 Å². The Hall–Kier alpha value is -1.68. The number of carbonyl (C=O) groups is 1. The second-order valence-corrected chi connectivity index (χ2v) is 3.33. The molecule has 0 aliphatic carbocycles. The highest BCUT2D eigenvalue weighted by atomic mass is 19.4. The number of carboxylic acids is 1. The van der Waals surface area contributed by atoms with Crippen molar-refractivity contribution in [3.63, 3.8) is 0 Å². The summed E-state index contributed by atoms with van der Waals surface area (Å²) in [6.07, 6.45) is -6.74. The summed E-state index contributed by atoms with van der Waals surface area (Å²) in [4.78, 5) is 10.7. The minimum absolute atomic E-state index is 0.689. The van der Waals surface area contributed by atoms with Crippen LogP contribution in [0.25, 0.3) is 0 Å². The smallest absolute Gasteiger partial charge is 0.411 e. The molecule has 0 radical (unpaired) electrons. The molecule has 0 bridgehead atoms. The van der Waals surface area contributed by atoms with Gasteiger partial charge in [0.05, 0.1) is 11.8 Å². The van der Waals surface area contributed by atoms with Gasteiger partial charge in [0, 0.05) is 0 Å². The Bertz CT molecular complexity index is 367. The van der Waals surface area contributed by atoms with E-state index in [1.165, 1.54) is 0 Å². The number of hydrogen-bond donors (Lipinski definition) is 2. The quantitative estimate of drug-likeness (QED) is 0.234. The van der Waals surface area contributed by atoms with Gasteiger partial charge in [0.25, 0.3) is 6.43 Å². The molecule has 0 heterocycles. The van der Waals surface area contributed by atoms with Crippen LogP contribution in [0.15, 0.2) is 24.0 Å². The monoisotopic (exact) mass is 305 g/mol. The maximum absolute atomic E-state index is 11.9.